The van der Waals surface area contributed by atoms with Crippen molar-refractivity contribution in [3.63, 3.8) is 0 Å². The van der Waals surface area contributed by atoms with E-state index in [4.69, 9.17) is 11.5 Å². The highest BCUT2D eigenvalue weighted by atomic mass is 35.5. The van der Waals surface area contributed by atoms with Gasteiger partial charge in [-0.05, 0) is 19.3 Å². The first-order chi connectivity index (χ1) is 5.79. The lowest BCUT2D eigenvalue weighted by Gasteiger charge is -2.06. The zero-order chi connectivity index (χ0) is 8.97. The third-order valence-electron chi connectivity index (χ3n) is 2.60. The Morgan fingerprint density at radius 1 is 1.25 bits per heavy atom. The van der Waals surface area contributed by atoms with Crippen LogP contribution in [0.3, 0.4) is 0 Å². The maximum Gasteiger partial charge on any atom is 0.279 e. The molecule has 0 aromatic carbocycles. The molecule has 0 aromatic rings. The van der Waals surface area contributed by atoms with Crippen molar-refractivity contribution in [1.29, 1.82) is 0 Å². The van der Waals surface area contributed by atoms with Gasteiger partial charge < -0.3 is 0 Å². The Morgan fingerprint density at radius 2 is 1.92 bits per heavy atom. The minimum Gasteiger partial charge on any atom is -0.189 e. The predicted molar refractivity (Wildman–Crippen MR) is 57.9 cm³/mol. The van der Waals surface area contributed by atoms with Gasteiger partial charge in [0.05, 0.1) is 0 Å². The largest absolute Gasteiger partial charge is 0.279 e. The molecule has 0 fully saturated rings. The fourth-order valence-electron chi connectivity index (χ4n) is 2.05. The molecule has 0 atom stereocenters. The normalized spacial score (nSPS) is 17.8. The van der Waals surface area contributed by atoms with Gasteiger partial charge in [-0.2, -0.15) is 11.5 Å². The van der Waals surface area contributed by atoms with Crippen LogP contribution in [0.25, 0.3) is 0 Å². The highest BCUT2D eigenvalue weighted by Crippen LogP contribution is 2.33. The summed E-state index contributed by atoms with van der Waals surface area (Å²) in [6.07, 6.45) is 7.83. The molecule has 0 saturated carbocycles. The third kappa shape index (κ3) is 2.29. The standard InChI is InChI=1S/C10H18BCl/c1-3-5-9-7-8-11(12)10(9)6-4-2/h3-8H2,1-2H3. The summed E-state index contributed by atoms with van der Waals surface area (Å²) in [4.78, 5) is 0. The summed E-state index contributed by atoms with van der Waals surface area (Å²) in [7, 11) is 0. The lowest BCUT2D eigenvalue weighted by molar-refractivity contribution is 0.842. The zero-order valence-electron chi connectivity index (χ0n) is 8.20. The van der Waals surface area contributed by atoms with Crippen LogP contribution in [0.15, 0.2) is 11.0 Å². The Balaban J connectivity index is 2.61. The van der Waals surface area contributed by atoms with Gasteiger partial charge in [0.15, 0.2) is 0 Å². The Labute approximate surface area is 81.4 Å². The average Bonchev–Trinajstić information content (AvgIpc) is 2.37. The summed E-state index contributed by atoms with van der Waals surface area (Å²) in [5, 5.41) is 0. The molecule has 2 heteroatoms. The van der Waals surface area contributed by atoms with Gasteiger partial charge in [0.1, 0.15) is 0 Å². The monoisotopic (exact) mass is 184 g/mol. The van der Waals surface area contributed by atoms with E-state index in [1.807, 2.05) is 0 Å². The summed E-state index contributed by atoms with van der Waals surface area (Å²) in [5.74, 6) is 0. The number of hydrogen-bond donors (Lipinski definition) is 0. The van der Waals surface area contributed by atoms with E-state index in [0.717, 1.165) is 0 Å². The molecule has 0 N–H and O–H groups in total. The van der Waals surface area contributed by atoms with Crippen molar-refractivity contribution in [3.8, 4) is 0 Å². The Morgan fingerprint density at radius 3 is 2.50 bits per heavy atom. The van der Waals surface area contributed by atoms with Gasteiger partial charge in [-0.15, -0.1) is 0 Å². The van der Waals surface area contributed by atoms with Gasteiger partial charge in [-0.25, -0.2) is 0 Å². The fourth-order valence-corrected chi connectivity index (χ4v) is 2.42. The quantitative estimate of drug-likeness (QED) is 0.578. The van der Waals surface area contributed by atoms with E-state index in [1.54, 1.807) is 11.0 Å². The summed E-state index contributed by atoms with van der Waals surface area (Å²) in [5.41, 5.74) is 3.24. The third-order valence-corrected chi connectivity index (χ3v) is 3.08. The number of hydrogen-bond acceptors (Lipinski definition) is 0. The molecule has 0 aliphatic carbocycles. The molecular weight excluding hydrogens is 166 g/mol. The van der Waals surface area contributed by atoms with Crippen molar-refractivity contribution in [2.45, 2.75) is 52.3 Å². The first-order valence-corrected chi connectivity index (χ1v) is 5.58. The van der Waals surface area contributed by atoms with Crippen LogP contribution in [-0.2, 0) is 0 Å². The highest BCUT2D eigenvalue weighted by molar-refractivity contribution is 7.11. The molecule has 0 bridgehead atoms. The minimum atomic E-state index is 0.367. The van der Waals surface area contributed by atoms with Crippen LogP contribution in [0, 0.1) is 0 Å². The van der Waals surface area contributed by atoms with Gasteiger partial charge in [0.2, 0.25) is 0 Å². The van der Waals surface area contributed by atoms with Gasteiger partial charge in [-0.1, -0.05) is 44.1 Å². The molecule has 12 heavy (non-hydrogen) atoms. The van der Waals surface area contributed by atoms with Crippen molar-refractivity contribution in [1.82, 2.24) is 0 Å². The lowest BCUT2D eigenvalue weighted by atomic mass is 9.67. The summed E-state index contributed by atoms with van der Waals surface area (Å²) >= 11 is 6.23. The molecule has 68 valence electrons. The SMILES string of the molecule is CCCC1=C(CCC)B(Cl)CC1. The van der Waals surface area contributed by atoms with E-state index in [2.05, 4.69) is 13.8 Å². The summed E-state index contributed by atoms with van der Waals surface area (Å²) < 4.78 is 0. The van der Waals surface area contributed by atoms with E-state index in [1.165, 1.54) is 38.4 Å². The van der Waals surface area contributed by atoms with Crippen LogP contribution in [0.5, 0.6) is 0 Å². The summed E-state index contributed by atoms with van der Waals surface area (Å²) in [6.45, 7) is 4.48. The van der Waals surface area contributed by atoms with Gasteiger partial charge in [0.25, 0.3) is 6.13 Å². The second-order valence-electron chi connectivity index (χ2n) is 3.64. The van der Waals surface area contributed by atoms with Crippen molar-refractivity contribution in [2.75, 3.05) is 0 Å². The molecule has 0 spiro atoms. The fraction of sp³-hybridized carbons (Fsp3) is 0.800. The van der Waals surface area contributed by atoms with E-state index in [9.17, 15) is 0 Å². The Hall–Kier alpha value is 0.0949. The first kappa shape index (κ1) is 10.2. The van der Waals surface area contributed by atoms with Crippen molar-refractivity contribution < 1.29 is 0 Å². The molecule has 1 heterocycles. The number of halogens is 1. The van der Waals surface area contributed by atoms with Gasteiger partial charge in [0, 0.05) is 0 Å². The molecule has 1 aliphatic heterocycles. The highest BCUT2D eigenvalue weighted by Gasteiger charge is 2.25. The predicted octanol–water partition coefficient (Wildman–Crippen LogP) is 4.06. The second-order valence-corrected chi connectivity index (χ2v) is 4.16. The lowest BCUT2D eigenvalue weighted by Crippen LogP contribution is -2.02. The molecule has 0 saturated heterocycles. The molecule has 1 rings (SSSR count). The van der Waals surface area contributed by atoms with Crippen LogP contribution in [0.4, 0.5) is 0 Å². The van der Waals surface area contributed by atoms with Crippen LogP contribution in [0.1, 0.15) is 46.0 Å². The average molecular weight is 185 g/mol. The zero-order valence-corrected chi connectivity index (χ0v) is 8.95. The molecule has 0 radical (unpaired) electrons. The minimum absolute atomic E-state index is 0.367. The van der Waals surface area contributed by atoms with E-state index >= 15 is 0 Å². The maximum absolute atomic E-state index is 6.23. The van der Waals surface area contributed by atoms with Crippen molar-refractivity contribution >= 4 is 17.6 Å². The van der Waals surface area contributed by atoms with E-state index in [0.29, 0.717) is 6.13 Å². The molecule has 1 aliphatic rings. The first-order valence-electron chi connectivity index (χ1n) is 5.14. The molecule has 0 aromatic heterocycles. The van der Waals surface area contributed by atoms with Crippen LogP contribution in [0.2, 0.25) is 6.32 Å². The number of allylic oxidation sites excluding steroid dienone is 2. The van der Waals surface area contributed by atoms with Crippen molar-refractivity contribution in [3.05, 3.63) is 11.0 Å². The van der Waals surface area contributed by atoms with E-state index in [-0.39, 0.29) is 0 Å². The maximum atomic E-state index is 6.23. The molecular formula is C10H18BCl. The smallest absolute Gasteiger partial charge is 0.189 e. The molecule has 0 nitrogen and oxygen atoms in total. The van der Waals surface area contributed by atoms with Crippen molar-refractivity contribution in [2.24, 2.45) is 0 Å². The Bertz CT molecular complexity index is 175. The van der Waals surface area contributed by atoms with Crippen LogP contribution < -0.4 is 0 Å². The van der Waals surface area contributed by atoms with E-state index < -0.39 is 0 Å². The van der Waals surface area contributed by atoms with Crippen LogP contribution in [-0.4, -0.2) is 6.13 Å². The Kier molecular flexibility index (Phi) is 4.21. The second kappa shape index (κ2) is 4.96. The topological polar surface area (TPSA) is 0 Å². The van der Waals surface area contributed by atoms with Crippen LogP contribution >= 0.6 is 11.5 Å². The van der Waals surface area contributed by atoms with Gasteiger partial charge >= 0.3 is 0 Å². The summed E-state index contributed by atoms with van der Waals surface area (Å²) in [6, 6.07) is 0. The van der Waals surface area contributed by atoms with Gasteiger partial charge in [-0.3, -0.25) is 0 Å². The number of rotatable bonds is 4. The molecule has 0 amide bonds. The molecule has 0 unspecified atom stereocenters.